The molecule has 0 aliphatic rings. The second-order valence-corrected chi connectivity index (χ2v) is 4.11. The fraction of sp³-hybridized carbons (Fsp3) is 0.818. The van der Waals surface area contributed by atoms with Crippen LogP contribution in [0.1, 0.15) is 38.5 Å². The summed E-state index contributed by atoms with van der Waals surface area (Å²) >= 11 is 0. The second-order valence-electron chi connectivity index (χ2n) is 4.11. The van der Waals surface area contributed by atoms with Gasteiger partial charge < -0.3 is 15.7 Å². The van der Waals surface area contributed by atoms with Gasteiger partial charge in [-0.05, 0) is 19.3 Å². The average Bonchev–Trinajstić information content (AvgIpc) is 2.27. The molecule has 3 N–H and O–H groups in total. The highest BCUT2D eigenvalue weighted by Gasteiger charge is 2.25. The SMILES string of the molecule is O=C(O)CCCCCNC(=O)NCCCC(F)(F)F. The molecule has 0 aromatic heterocycles. The van der Waals surface area contributed by atoms with E-state index in [1.165, 1.54) is 0 Å². The van der Waals surface area contributed by atoms with E-state index in [4.69, 9.17) is 5.11 Å². The number of carboxylic acid groups (broad SMARTS) is 1. The molecule has 5 nitrogen and oxygen atoms in total. The molecule has 19 heavy (non-hydrogen) atoms. The third-order valence-corrected chi connectivity index (χ3v) is 2.28. The van der Waals surface area contributed by atoms with E-state index in [0.29, 0.717) is 25.8 Å². The van der Waals surface area contributed by atoms with Crippen molar-refractivity contribution in [1.29, 1.82) is 0 Å². The standard InChI is InChI=1S/C11H19F3N2O3/c12-11(13,14)6-4-8-16-10(19)15-7-3-1-2-5-9(17)18/h1-8H2,(H,17,18)(H2,15,16,19). The summed E-state index contributed by atoms with van der Waals surface area (Å²) in [6.45, 7) is 0.356. The highest BCUT2D eigenvalue weighted by atomic mass is 19.4. The smallest absolute Gasteiger partial charge is 0.389 e. The lowest BCUT2D eigenvalue weighted by molar-refractivity contribution is -0.137. The fourth-order valence-electron chi connectivity index (χ4n) is 1.33. The van der Waals surface area contributed by atoms with E-state index in [-0.39, 0.29) is 19.4 Å². The Morgan fingerprint density at radius 1 is 0.947 bits per heavy atom. The number of halogens is 3. The minimum atomic E-state index is -4.19. The van der Waals surface area contributed by atoms with Gasteiger partial charge in [0.1, 0.15) is 0 Å². The monoisotopic (exact) mass is 284 g/mol. The summed E-state index contributed by atoms with van der Waals surface area (Å²) in [5.41, 5.74) is 0. The van der Waals surface area contributed by atoms with Crippen molar-refractivity contribution in [3.05, 3.63) is 0 Å². The van der Waals surface area contributed by atoms with E-state index in [1.807, 2.05) is 0 Å². The molecule has 0 aliphatic heterocycles. The lowest BCUT2D eigenvalue weighted by Crippen LogP contribution is -2.36. The van der Waals surface area contributed by atoms with Gasteiger partial charge in [-0.15, -0.1) is 0 Å². The molecule has 0 unspecified atom stereocenters. The zero-order valence-corrected chi connectivity index (χ0v) is 10.6. The third-order valence-electron chi connectivity index (χ3n) is 2.28. The summed E-state index contributed by atoms with van der Waals surface area (Å²) < 4.78 is 35.4. The molecule has 0 radical (unpaired) electrons. The van der Waals surface area contributed by atoms with E-state index in [2.05, 4.69) is 10.6 Å². The van der Waals surface area contributed by atoms with Crippen molar-refractivity contribution in [2.45, 2.75) is 44.7 Å². The molecule has 112 valence electrons. The van der Waals surface area contributed by atoms with Gasteiger partial charge >= 0.3 is 18.2 Å². The predicted octanol–water partition coefficient (Wildman–Crippen LogP) is 2.27. The summed E-state index contributed by atoms with van der Waals surface area (Å²) in [5, 5.41) is 13.2. The van der Waals surface area contributed by atoms with Crippen LogP contribution in [0.2, 0.25) is 0 Å². The number of carbonyl (C=O) groups is 2. The number of nitrogens with one attached hydrogen (secondary N) is 2. The molecule has 0 atom stereocenters. The van der Waals surface area contributed by atoms with Gasteiger partial charge in [0.2, 0.25) is 0 Å². The topological polar surface area (TPSA) is 78.4 Å². The Hall–Kier alpha value is -1.47. The molecule has 0 fully saturated rings. The van der Waals surface area contributed by atoms with Crippen LogP contribution in [0.15, 0.2) is 0 Å². The highest BCUT2D eigenvalue weighted by molar-refractivity contribution is 5.73. The predicted molar refractivity (Wildman–Crippen MR) is 62.8 cm³/mol. The molecular formula is C11H19F3N2O3. The summed E-state index contributed by atoms with van der Waals surface area (Å²) in [7, 11) is 0. The Kier molecular flexibility index (Phi) is 8.73. The van der Waals surface area contributed by atoms with Gasteiger partial charge in [0.25, 0.3) is 0 Å². The third kappa shape index (κ3) is 14.5. The summed E-state index contributed by atoms with van der Waals surface area (Å²) in [6, 6.07) is -0.500. The van der Waals surface area contributed by atoms with Gasteiger partial charge in [0.05, 0.1) is 0 Å². The van der Waals surface area contributed by atoms with Crippen LogP contribution in [0.4, 0.5) is 18.0 Å². The lowest BCUT2D eigenvalue weighted by Gasteiger charge is -2.08. The van der Waals surface area contributed by atoms with E-state index >= 15 is 0 Å². The van der Waals surface area contributed by atoms with E-state index in [1.54, 1.807) is 0 Å². The summed E-state index contributed by atoms with van der Waals surface area (Å²) in [4.78, 5) is 21.3. The molecule has 0 spiro atoms. The average molecular weight is 284 g/mol. The summed E-state index contributed by atoms with van der Waals surface area (Å²) in [6.07, 6.45) is -3.28. The van der Waals surface area contributed by atoms with Crippen LogP contribution in [-0.4, -0.2) is 36.4 Å². The molecule has 0 rings (SSSR count). The van der Waals surface area contributed by atoms with E-state index < -0.39 is 24.6 Å². The molecule has 2 amide bonds. The van der Waals surface area contributed by atoms with Crippen LogP contribution in [0.25, 0.3) is 0 Å². The molecular weight excluding hydrogens is 265 g/mol. The molecule has 0 saturated carbocycles. The number of aliphatic carboxylic acids is 1. The van der Waals surface area contributed by atoms with Crippen molar-refractivity contribution < 1.29 is 27.9 Å². The first-order valence-electron chi connectivity index (χ1n) is 6.11. The van der Waals surface area contributed by atoms with Gasteiger partial charge in [-0.2, -0.15) is 13.2 Å². The zero-order valence-electron chi connectivity index (χ0n) is 10.6. The Bertz CT molecular complexity index is 283. The van der Waals surface area contributed by atoms with Crippen molar-refractivity contribution in [3.63, 3.8) is 0 Å². The Balaban J connectivity index is 3.33. The number of hydrogen-bond acceptors (Lipinski definition) is 2. The maximum atomic E-state index is 11.8. The number of carboxylic acids is 1. The maximum absolute atomic E-state index is 11.8. The molecule has 0 heterocycles. The van der Waals surface area contributed by atoms with E-state index in [9.17, 15) is 22.8 Å². The normalized spacial score (nSPS) is 11.1. The van der Waals surface area contributed by atoms with Crippen LogP contribution in [0.3, 0.4) is 0 Å². The maximum Gasteiger partial charge on any atom is 0.389 e. The van der Waals surface area contributed by atoms with Gasteiger partial charge in [-0.3, -0.25) is 4.79 Å². The fourth-order valence-corrected chi connectivity index (χ4v) is 1.33. The van der Waals surface area contributed by atoms with Crippen molar-refractivity contribution >= 4 is 12.0 Å². The largest absolute Gasteiger partial charge is 0.481 e. The molecule has 0 aliphatic carbocycles. The van der Waals surface area contributed by atoms with Crippen molar-refractivity contribution in [3.8, 4) is 0 Å². The van der Waals surface area contributed by atoms with Crippen LogP contribution in [-0.2, 0) is 4.79 Å². The number of carbonyl (C=O) groups excluding carboxylic acids is 1. The van der Waals surface area contributed by atoms with Crippen LogP contribution < -0.4 is 10.6 Å². The summed E-state index contributed by atoms with van der Waals surface area (Å²) in [5.74, 6) is -0.852. The van der Waals surface area contributed by atoms with Crippen molar-refractivity contribution in [2.75, 3.05) is 13.1 Å². The Morgan fingerprint density at radius 3 is 2.05 bits per heavy atom. The van der Waals surface area contributed by atoms with Crippen molar-refractivity contribution in [1.82, 2.24) is 10.6 Å². The van der Waals surface area contributed by atoms with Gasteiger partial charge in [0, 0.05) is 25.9 Å². The number of amides is 2. The van der Waals surface area contributed by atoms with Crippen LogP contribution in [0.5, 0.6) is 0 Å². The minimum absolute atomic E-state index is 0.0235. The number of hydrogen-bond donors (Lipinski definition) is 3. The number of unbranched alkanes of at least 4 members (excludes halogenated alkanes) is 2. The van der Waals surface area contributed by atoms with Gasteiger partial charge in [0.15, 0.2) is 0 Å². The quantitative estimate of drug-likeness (QED) is 0.568. The molecule has 0 bridgehead atoms. The first-order chi connectivity index (χ1) is 8.81. The first kappa shape index (κ1) is 17.5. The molecule has 0 saturated heterocycles. The van der Waals surface area contributed by atoms with Gasteiger partial charge in [-0.1, -0.05) is 6.42 Å². The van der Waals surface area contributed by atoms with Gasteiger partial charge in [-0.25, -0.2) is 4.79 Å². The molecule has 0 aromatic carbocycles. The Morgan fingerprint density at radius 2 is 1.53 bits per heavy atom. The highest BCUT2D eigenvalue weighted by Crippen LogP contribution is 2.20. The van der Waals surface area contributed by atoms with E-state index in [0.717, 1.165) is 0 Å². The Labute approximate surface area is 109 Å². The van der Waals surface area contributed by atoms with Crippen molar-refractivity contribution in [2.24, 2.45) is 0 Å². The number of urea groups is 1. The molecule has 0 aromatic rings. The van der Waals surface area contributed by atoms with Crippen LogP contribution >= 0.6 is 0 Å². The zero-order chi connectivity index (χ0) is 14.7. The molecule has 8 heteroatoms. The first-order valence-corrected chi connectivity index (χ1v) is 6.11. The van der Waals surface area contributed by atoms with Crippen LogP contribution in [0, 0.1) is 0 Å². The number of rotatable bonds is 9. The second kappa shape index (κ2) is 9.46. The minimum Gasteiger partial charge on any atom is -0.481 e. The lowest BCUT2D eigenvalue weighted by atomic mass is 10.2. The number of alkyl halides is 3.